The lowest BCUT2D eigenvalue weighted by Gasteiger charge is -2.36. The van der Waals surface area contributed by atoms with Crippen LogP contribution >= 0.6 is 0 Å². The monoisotopic (exact) mass is 781 g/mol. The molecule has 0 saturated carbocycles. The largest absolute Gasteiger partial charge is 0.310 e. The Hall–Kier alpha value is -7.22. The quantitative estimate of drug-likeness (QED) is 0.162. The Balaban J connectivity index is 1.22. The number of anilines is 3. The van der Waals surface area contributed by atoms with E-state index < -0.39 is 5.41 Å². The molecule has 7 aromatic carbocycles. The highest BCUT2D eigenvalue weighted by molar-refractivity contribution is 5.97. The van der Waals surface area contributed by atoms with Gasteiger partial charge < -0.3 is 4.90 Å². The third kappa shape index (κ3) is 5.76. The average molecular weight is 782 g/mol. The van der Waals surface area contributed by atoms with Crippen LogP contribution in [0.5, 0.6) is 0 Å². The van der Waals surface area contributed by atoms with Crippen molar-refractivity contribution in [2.45, 2.75) is 30.6 Å². The van der Waals surface area contributed by atoms with Crippen molar-refractivity contribution < 1.29 is 0 Å². The summed E-state index contributed by atoms with van der Waals surface area (Å²) < 4.78 is 0. The summed E-state index contributed by atoms with van der Waals surface area (Å²) in [6.45, 7) is 4.76. The second-order valence-corrected chi connectivity index (χ2v) is 17.1. The van der Waals surface area contributed by atoms with Gasteiger partial charge in [0.2, 0.25) is 0 Å². The van der Waals surface area contributed by atoms with E-state index >= 15 is 0 Å². The van der Waals surface area contributed by atoms with E-state index in [0.29, 0.717) is 0 Å². The van der Waals surface area contributed by atoms with E-state index in [9.17, 15) is 0 Å². The van der Waals surface area contributed by atoms with E-state index in [0.717, 1.165) is 5.69 Å². The molecule has 61 heavy (non-hydrogen) atoms. The van der Waals surface area contributed by atoms with Crippen molar-refractivity contribution in [3.63, 3.8) is 0 Å². The normalized spacial score (nSPS) is 20.8. The number of rotatable bonds is 6. The summed E-state index contributed by atoms with van der Waals surface area (Å²) in [6, 6.07) is 63.7. The first-order valence-electron chi connectivity index (χ1n) is 21.6. The maximum atomic E-state index is 2.59. The van der Waals surface area contributed by atoms with E-state index in [1.165, 1.54) is 78.1 Å². The van der Waals surface area contributed by atoms with Crippen molar-refractivity contribution in [1.29, 1.82) is 0 Å². The number of hydrogen-bond acceptors (Lipinski definition) is 1. The van der Waals surface area contributed by atoms with Crippen LogP contribution < -0.4 is 4.90 Å². The Labute approximate surface area is 360 Å². The summed E-state index contributed by atoms with van der Waals surface area (Å²) in [7, 11) is 0. The Kier molecular flexibility index (Phi) is 8.94. The van der Waals surface area contributed by atoms with Gasteiger partial charge >= 0.3 is 0 Å². The lowest BCUT2D eigenvalue weighted by molar-refractivity contribution is 0.660. The van der Waals surface area contributed by atoms with Crippen molar-refractivity contribution in [3.05, 3.63) is 281 Å². The molecule has 1 heteroatoms. The molecule has 2 unspecified atom stereocenters. The number of nitrogens with zero attached hydrogens (tertiary/aromatic N) is 1. The molecule has 0 bridgehead atoms. The number of allylic oxidation sites excluding steroid dienone is 12. The maximum Gasteiger partial charge on any atom is 0.0714 e. The second kappa shape index (κ2) is 14.8. The molecule has 0 aromatic heterocycles. The minimum Gasteiger partial charge on any atom is -0.310 e. The van der Waals surface area contributed by atoms with Crippen LogP contribution in [0.2, 0.25) is 0 Å². The van der Waals surface area contributed by atoms with Crippen molar-refractivity contribution >= 4 is 17.1 Å². The van der Waals surface area contributed by atoms with Gasteiger partial charge in [-0.25, -0.2) is 0 Å². The molecule has 0 spiro atoms. The molecular formula is C60H47N. The molecule has 0 N–H and O–H groups in total. The van der Waals surface area contributed by atoms with Crippen LogP contribution in [-0.2, 0) is 10.8 Å². The van der Waals surface area contributed by atoms with E-state index in [4.69, 9.17) is 0 Å². The standard InChI is InChI=1S/C60H47N/c1-59(2)52-34-19-17-33-51(52)58-54(59)36-22-38-57(58)61(56-37-21-18-32-50(56)47-30-13-5-3-4-8-23-42-24-14-15-29-46(42)47)45-39-40-49-48-31-16-20-35-53(48)60(55(49)41-45,43-25-9-6-10-26-43)44-27-11-7-12-28-44/h3-41,46-47H,1-2H3/b5-3-,8-4-,30-13+,42-23+. The Morgan fingerprint density at radius 2 is 1.02 bits per heavy atom. The predicted molar refractivity (Wildman–Crippen MR) is 256 cm³/mol. The van der Waals surface area contributed by atoms with Gasteiger partial charge in [-0.1, -0.05) is 226 Å². The summed E-state index contributed by atoms with van der Waals surface area (Å²) >= 11 is 0. The summed E-state index contributed by atoms with van der Waals surface area (Å²) in [6.07, 6.45) is 24.5. The smallest absolute Gasteiger partial charge is 0.0714 e. The molecule has 1 nitrogen and oxygen atoms in total. The zero-order valence-electron chi connectivity index (χ0n) is 34.6. The molecule has 0 radical (unpaired) electrons. The lowest BCUT2D eigenvalue weighted by Crippen LogP contribution is -2.28. The molecule has 11 rings (SSSR count). The van der Waals surface area contributed by atoms with Gasteiger partial charge in [0.15, 0.2) is 0 Å². The molecule has 0 heterocycles. The zero-order valence-corrected chi connectivity index (χ0v) is 34.6. The third-order valence-corrected chi connectivity index (χ3v) is 13.6. The van der Waals surface area contributed by atoms with E-state index in [1.54, 1.807) is 0 Å². The summed E-state index contributed by atoms with van der Waals surface area (Å²) in [5.74, 6) is 0.217. The molecule has 4 aliphatic carbocycles. The first-order chi connectivity index (χ1) is 30.1. The Morgan fingerprint density at radius 3 is 1.82 bits per heavy atom. The fourth-order valence-electron chi connectivity index (χ4n) is 10.9. The fraction of sp³-hybridized carbons (Fsp3) is 0.100. The van der Waals surface area contributed by atoms with E-state index in [2.05, 4.69) is 255 Å². The van der Waals surface area contributed by atoms with Crippen LogP contribution in [0.25, 0.3) is 22.3 Å². The molecule has 0 fully saturated rings. The molecular weight excluding hydrogens is 735 g/mol. The summed E-state index contributed by atoms with van der Waals surface area (Å²) in [5, 5.41) is 0. The van der Waals surface area contributed by atoms with Crippen molar-refractivity contribution in [3.8, 4) is 22.3 Å². The summed E-state index contributed by atoms with van der Waals surface area (Å²) in [5.41, 5.74) is 18.4. The SMILES string of the molecule is CC1(C)c2ccccc2-c2c(N(c3ccc4c(c3)C(c3ccccc3)(c3ccccc3)c3ccccc3-4)c3ccccc3C3/C=C/C=C\C=C/C=C4\C=CC=CC43)cccc21. The fourth-order valence-corrected chi connectivity index (χ4v) is 10.9. The Morgan fingerprint density at radius 1 is 0.426 bits per heavy atom. The first-order valence-corrected chi connectivity index (χ1v) is 21.6. The molecule has 4 aliphatic rings. The van der Waals surface area contributed by atoms with Gasteiger partial charge in [-0.05, 0) is 85.5 Å². The van der Waals surface area contributed by atoms with Crippen LogP contribution in [0.3, 0.4) is 0 Å². The van der Waals surface area contributed by atoms with Crippen LogP contribution in [0.1, 0.15) is 58.7 Å². The highest BCUT2D eigenvalue weighted by Crippen LogP contribution is 2.59. The molecule has 0 saturated heterocycles. The highest BCUT2D eigenvalue weighted by atomic mass is 15.1. The minimum absolute atomic E-state index is 0.0641. The first kappa shape index (κ1) is 36.8. The van der Waals surface area contributed by atoms with Gasteiger partial charge in [-0.3, -0.25) is 0 Å². The second-order valence-electron chi connectivity index (χ2n) is 17.1. The Bertz CT molecular complexity index is 2970. The zero-order chi connectivity index (χ0) is 41.0. The van der Waals surface area contributed by atoms with Crippen molar-refractivity contribution in [1.82, 2.24) is 0 Å². The lowest BCUT2D eigenvalue weighted by atomic mass is 9.67. The minimum atomic E-state index is -0.527. The van der Waals surface area contributed by atoms with Crippen LogP contribution in [0, 0.1) is 5.92 Å². The highest BCUT2D eigenvalue weighted by Gasteiger charge is 2.47. The number of benzene rings is 7. The summed E-state index contributed by atoms with van der Waals surface area (Å²) in [4.78, 5) is 2.59. The third-order valence-electron chi connectivity index (χ3n) is 13.6. The van der Waals surface area contributed by atoms with Gasteiger partial charge in [-0.2, -0.15) is 0 Å². The molecule has 7 aromatic rings. The van der Waals surface area contributed by atoms with Crippen LogP contribution in [0.4, 0.5) is 17.1 Å². The van der Waals surface area contributed by atoms with Crippen LogP contribution in [-0.4, -0.2) is 0 Å². The number of hydrogen-bond donors (Lipinski definition) is 0. The van der Waals surface area contributed by atoms with Crippen molar-refractivity contribution in [2.24, 2.45) is 5.92 Å². The number of fused-ring (bicyclic) bond motifs is 7. The van der Waals surface area contributed by atoms with Gasteiger partial charge in [0.1, 0.15) is 0 Å². The molecule has 292 valence electrons. The van der Waals surface area contributed by atoms with Gasteiger partial charge in [0.05, 0.1) is 11.1 Å². The molecule has 2 atom stereocenters. The van der Waals surface area contributed by atoms with Gasteiger partial charge in [-0.15, -0.1) is 0 Å². The van der Waals surface area contributed by atoms with Crippen LogP contribution in [0.15, 0.2) is 242 Å². The average Bonchev–Trinajstić information content (AvgIpc) is 3.74. The van der Waals surface area contributed by atoms with E-state index in [-0.39, 0.29) is 17.3 Å². The number of para-hydroxylation sites is 1. The molecule has 0 amide bonds. The molecule has 0 aliphatic heterocycles. The van der Waals surface area contributed by atoms with Gasteiger partial charge in [0.25, 0.3) is 0 Å². The predicted octanol–water partition coefficient (Wildman–Crippen LogP) is 15.3. The maximum absolute atomic E-state index is 2.59. The van der Waals surface area contributed by atoms with E-state index in [1.807, 2.05) is 0 Å². The topological polar surface area (TPSA) is 3.24 Å². The van der Waals surface area contributed by atoms with Gasteiger partial charge in [0, 0.05) is 34.2 Å². The van der Waals surface area contributed by atoms with Crippen molar-refractivity contribution in [2.75, 3.05) is 4.90 Å².